The number of benzene rings is 2. The molecule has 1 fully saturated rings. The number of aryl methyl sites for hydroxylation is 1. The molecule has 25 heavy (non-hydrogen) atoms. The molecule has 4 rings (SSSR count). The van der Waals surface area contributed by atoms with E-state index in [0.29, 0.717) is 38.8 Å². The Hall–Kier alpha value is -2.33. The van der Waals surface area contributed by atoms with Crippen LogP contribution in [0.5, 0.6) is 0 Å². The van der Waals surface area contributed by atoms with Crippen molar-refractivity contribution < 1.29 is 9.53 Å². The summed E-state index contributed by atoms with van der Waals surface area (Å²) in [5, 5.41) is 3.65. The molecule has 2 aromatic carbocycles. The number of rotatable bonds is 3. The van der Waals surface area contributed by atoms with Crippen LogP contribution in [0.3, 0.4) is 0 Å². The predicted octanol–water partition coefficient (Wildman–Crippen LogP) is 3.19. The molecule has 0 radical (unpaired) electrons. The van der Waals surface area contributed by atoms with Crippen LogP contribution >= 0.6 is 0 Å². The first-order chi connectivity index (χ1) is 12.3. The van der Waals surface area contributed by atoms with Crippen LogP contribution in [0.1, 0.15) is 29.2 Å². The van der Waals surface area contributed by atoms with Gasteiger partial charge in [0.2, 0.25) is 5.91 Å². The summed E-state index contributed by atoms with van der Waals surface area (Å²) in [6.45, 7) is 2.73. The summed E-state index contributed by atoms with van der Waals surface area (Å²) in [4.78, 5) is 14.3. The van der Waals surface area contributed by atoms with Gasteiger partial charge in [0.25, 0.3) is 0 Å². The quantitative estimate of drug-likeness (QED) is 0.936. The van der Waals surface area contributed by atoms with Gasteiger partial charge in [-0.15, -0.1) is 0 Å². The zero-order valence-corrected chi connectivity index (χ0v) is 14.4. The highest BCUT2D eigenvalue weighted by molar-refractivity contribution is 5.79. The molecule has 2 aliphatic heterocycles. The average molecular weight is 336 g/mol. The highest BCUT2D eigenvalue weighted by Gasteiger charge is 2.21. The standard InChI is InChI=1S/C21H24N2O2/c24-21(23-10-12-25-13-11-23)15-16-6-8-20-18(14-16)7-9-19(22-20)17-4-2-1-3-5-17/h1-6,8,14,19,22H,7,9-13,15H2. The zero-order valence-electron chi connectivity index (χ0n) is 14.4. The molecule has 0 aliphatic carbocycles. The van der Waals surface area contributed by atoms with Crippen molar-refractivity contribution in [2.45, 2.75) is 25.3 Å². The lowest BCUT2D eigenvalue weighted by atomic mass is 9.92. The molecule has 1 N–H and O–H groups in total. The van der Waals surface area contributed by atoms with E-state index in [4.69, 9.17) is 4.74 Å². The monoisotopic (exact) mass is 336 g/mol. The molecule has 0 saturated carbocycles. The lowest BCUT2D eigenvalue weighted by molar-refractivity contribution is -0.134. The summed E-state index contributed by atoms with van der Waals surface area (Å²) >= 11 is 0. The Labute approximate surface area is 148 Å². The molecule has 4 nitrogen and oxygen atoms in total. The molecule has 4 heteroatoms. The molecule has 2 aliphatic rings. The Kier molecular flexibility index (Phi) is 4.70. The smallest absolute Gasteiger partial charge is 0.227 e. The largest absolute Gasteiger partial charge is 0.378 e. The molecule has 1 amide bonds. The lowest BCUT2D eigenvalue weighted by Gasteiger charge is -2.29. The van der Waals surface area contributed by atoms with E-state index in [0.717, 1.165) is 18.4 Å². The van der Waals surface area contributed by atoms with E-state index < -0.39 is 0 Å². The molecule has 1 saturated heterocycles. The van der Waals surface area contributed by atoms with E-state index >= 15 is 0 Å². The molecule has 1 unspecified atom stereocenters. The summed E-state index contributed by atoms with van der Waals surface area (Å²) in [6, 6.07) is 17.4. The van der Waals surface area contributed by atoms with E-state index in [9.17, 15) is 4.79 Å². The molecular weight excluding hydrogens is 312 g/mol. The Morgan fingerprint density at radius 2 is 1.92 bits per heavy atom. The number of carbonyl (C=O) groups is 1. The highest BCUT2D eigenvalue weighted by atomic mass is 16.5. The third kappa shape index (κ3) is 3.69. The van der Waals surface area contributed by atoms with Gasteiger partial charge >= 0.3 is 0 Å². The number of amides is 1. The molecule has 1 atom stereocenters. The Balaban J connectivity index is 1.44. The first kappa shape index (κ1) is 16.2. The summed E-state index contributed by atoms with van der Waals surface area (Å²) in [6.07, 6.45) is 2.61. The predicted molar refractivity (Wildman–Crippen MR) is 98.7 cm³/mol. The molecule has 0 aromatic heterocycles. The first-order valence-corrected chi connectivity index (χ1v) is 9.08. The number of hydrogen-bond donors (Lipinski definition) is 1. The fourth-order valence-electron chi connectivity index (χ4n) is 3.70. The van der Waals surface area contributed by atoms with Crippen LogP contribution < -0.4 is 5.32 Å². The van der Waals surface area contributed by atoms with Gasteiger partial charge in [0.15, 0.2) is 0 Å². The number of ether oxygens (including phenoxy) is 1. The number of fused-ring (bicyclic) bond motifs is 1. The minimum atomic E-state index is 0.203. The van der Waals surface area contributed by atoms with Gasteiger partial charge in [-0.3, -0.25) is 4.79 Å². The summed E-state index contributed by atoms with van der Waals surface area (Å²) < 4.78 is 5.32. The molecular formula is C21H24N2O2. The van der Waals surface area contributed by atoms with Gasteiger partial charge in [-0.25, -0.2) is 0 Å². The van der Waals surface area contributed by atoms with Gasteiger partial charge < -0.3 is 15.0 Å². The van der Waals surface area contributed by atoms with E-state index in [1.54, 1.807) is 0 Å². The van der Waals surface area contributed by atoms with Gasteiger partial charge in [0, 0.05) is 18.8 Å². The second kappa shape index (κ2) is 7.28. The van der Waals surface area contributed by atoms with Crippen LogP contribution in [0.4, 0.5) is 5.69 Å². The number of hydrogen-bond acceptors (Lipinski definition) is 3. The van der Waals surface area contributed by atoms with Crippen molar-refractivity contribution in [2.75, 3.05) is 31.6 Å². The fourth-order valence-corrected chi connectivity index (χ4v) is 3.70. The van der Waals surface area contributed by atoms with Crippen molar-refractivity contribution in [3.05, 3.63) is 65.2 Å². The van der Waals surface area contributed by atoms with Crippen LogP contribution in [-0.4, -0.2) is 37.1 Å². The number of nitrogens with zero attached hydrogens (tertiary/aromatic N) is 1. The third-order valence-corrected chi connectivity index (χ3v) is 5.12. The van der Waals surface area contributed by atoms with Crippen LogP contribution in [-0.2, 0) is 22.4 Å². The van der Waals surface area contributed by atoms with Gasteiger partial charge in [-0.1, -0.05) is 42.5 Å². The molecule has 0 spiro atoms. The van der Waals surface area contributed by atoms with Crippen molar-refractivity contribution in [1.82, 2.24) is 4.90 Å². The maximum Gasteiger partial charge on any atom is 0.227 e. The topological polar surface area (TPSA) is 41.6 Å². The van der Waals surface area contributed by atoms with E-state index in [1.807, 2.05) is 4.90 Å². The maximum absolute atomic E-state index is 12.4. The van der Waals surface area contributed by atoms with Crippen molar-refractivity contribution >= 4 is 11.6 Å². The van der Waals surface area contributed by atoms with Gasteiger partial charge in [-0.2, -0.15) is 0 Å². The molecule has 0 bridgehead atoms. The van der Waals surface area contributed by atoms with Crippen molar-refractivity contribution in [2.24, 2.45) is 0 Å². The van der Waals surface area contributed by atoms with Crippen LogP contribution in [0.15, 0.2) is 48.5 Å². The van der Waals surface area contributed by atoms with Gasteiger partial charge in [0.1, 0.15) is 0 Å². The Morgan fingerprint density at radius 1 is 1.12 bits per heavy atom. The summed E-state index contributed by atoms with van der Waals surface area (Å²) in [7, 11) is 0. The van der Waals surface area contributed by atoms with E-state index in [-0.39, 0.29) is 5.91 Å². The number of nitrogens with one attached hydrogen (secondary N) is 1. The second-order valence-corrected chi connectivity index (χ2v) is 6.81. The fraction of sp³-hybridized carbons (Fsp3) is 0.381. The number of anilines is 1. The molecule has 2 aromatic rings. The highest BCUT2D eigenvalue weighted by Crippen LogP contribution is 2.33. The Morgan fingerprint density at radius 3 is 2.72 bits per heavy atom. The third-order valence-electron chi connectivity index (χ3n) is 5.12. The lowest BCUT2D eigenvalue weighted by Crippen LogP contribution is -2.41. The minimum Gasteiger partial charge on any atom is -0.378 e. The second-order valence-electron chi connectivity index (χ2n) is 6.81. The summed E-state index contributed by atoms with van der Waals surface area (Å²) in [5.74, 6) is 0.203. The van der Waals surface area contributed by atoms with Crippen molar-refractivity contribution in [1.29, 1.82) is 0 Å². The van der Waals surface area contributed by atoms with Gasteiger partial charge in [0.05, 0.1) is 25.7 Å². The minimum absolute atomic E-state index is 0.203. The molecule has 130 valence electrons. The van der Waals surface area contributed by atoms with Crippen LogP contribution in [0.2, 0.25) is 0 Å². The number of carbonyl (C=O) groups excluding carboxylic acids is 1. The first-order valence-electron chi connectivity index (χ1n) is 9.08. The summed E-state index contributed by atoms with van der Waals surface area (Å²) in [5.41, 5.74) is 4.96. The SMILES string of the molecule is O=C(Cc1ccc2c(c1)CCC(c1ccccc1)N2)N1CCOCC1. The zero-order chi connectivity index (χ0) is 17.1. The van der Waals surface area contributed by atoms with Gasteiger partial charge in [-0.05, 0) is 35.6 Å². The number of morpholine rings is 1. The molecule has 2 heterocycles. The maximum atomic E-state index is 12.4. The van der Waals surface area contributed by atoms with Crippen molar-refractivity contribution in [3.8, 4) is 0 Å². The van der Waals surface area contributed by atoms with Crippen molar-refractivity contribution in [3.63, 3.8) is 0 Å². The van der Waals surface area contributed by atoms with Crippen LogP contribution in [0.25, 0.3) is 0 Å². The van der Waals surface area contributed by atoms with E-state index in [1.165, 1.54) is 16.8 Å². The normalized spacial score (nSPS) is 19.8. The average Bonchev–Trinajstić information content (AvgIpc) is 2.69. The Bertz CT molecular complexity index is 739. The van der Waals surface area contributed by atoms with E-state index in [2.05, 4.69) is 53.8 Å². The van der Waals surface area contributed by atoms with Crippen LogP contribution in [0, 0.1) is 0 Å².